The van der Waals surface area contributed by atoms with Crippen LogP contribution in [0.4, 0.5) is 0 Å². The van der Waals surface area contributed by atoms with Crippen molar-refractivity contribution in [2.24, 2.45) is 39.9 Å². The molecule has 0 radical (unpaired) electrons. The van der Waals surface area contributed by atoms with Gasteiger partial charge in [-0.3, -0.25) is 9.59 Å². The number of esters is 2. The lowest BCUT2D eigenvalue weighted by Crippen LogP contribution is -2.51. The largest absolute Gasteiger partial charge is 0.469 e. The average molecular weight is 326 g/mol. The molecule has 2 spiro atoms. The molecule has 4 saturated carbocycles. The number of carbonyl (C=O) groups excluding carboxylic acids is 2. The molecule has 126 valence electrons. The molecule has 0 amide bonds. The summed E-state index contributed by atoms with van der Waals surface area (Å²) in [5.41, 5.74) is -0.147. The van der Waals surface area contributed by atoms with E-state index >= 15 is 0 Å². The van der Waals surface area contributed by atoms with Crippen molar-refractivity contribution in [2.45, 2.75) is 38.2 Å². The lowest BCUT2D eigenvalue weighted by Gasteiger charge is -2.45. The smallest absolute Gasteiger partial charge is 0.312 e. The van der Waals surface area contributed by atoms with E-state index in [4.69, 9.17) is 9.47 Å². The van der Waals surface area contributed by atoms with Crippen molar-refractivity contribution in [1.82, 2.24) is 0 Å². The van der Waals surface area contributed by atoms with Crippen LogP contribution in [0.3, 0.4) is 0 Å². The Morgan fingerprint density at radius 3 is 2.96 bits per heavy atom. The van der Waals surface area contributed by atoms with Crippen molar-refractivity contribution in [3.8, 4) is 0 Å². The van der Waals surface area contributed by atoms with Gasteiger partial charge in [0.15, 0.2) is 0 Å². The minimum atomic E-state index is -0.547. The standard InChI is InChI=1S/C20H22O4/c1-10-11-5-8-19-13(10)18(19,9-11)12(15(21)23-3)14-17(2)6-4-7-20(14,19)24-16(17)22/h5,8,11-14H,1,4,6-7,9H2,2-3H3/t11-,12-,13?,14-,17-,18-,19+,20+/m1/s1. The Labute approximate surface area is 141 Å². The van der Waals surface area contributed by atoms with Crippen molar-refractivity contribution < 1.29 is 19.1 Å². The fraction of sp³-hybridized carbons (Fsp3) is 0.700. The van der Waals surface area contributed by atoms with Gasteiger partial charge in [-0.1, -0.05) is 24.3 Å². The zero-order chi connectivity index (χ0) is 16.7. The first-order valence-corrected chi connectivity index (χ1v) is 9.10. The van der Waals surface area contributed by atoms with Crippen molar-refractivity contribution >= 4 is 11.9 Å². The molecule has 1 aliphatic heterocycles. The molecule has 1 unspecified atom stereocenters. The number of methoxy groups -OCH3 is 1. The molecule has 0 aromatic rings. The summed E-state index contributed by atoms with van der Waals surface area (Å²) < 4.78 is 11.5. The van der Waals surface area contributed by atoms with Gasteiger partial charge in [-0.05, 0) is 38.5 Å². The molecule has 0 N–H and O–H groups in total. The van der Waals surface area contributed by atoms with E-state index in [-0.39, 0.29) is 40.5 Å². The molecule has 1 heterocycles. The van der Waals surface area contributed by atoms with Gasteiger partial charge in [-0.2, -0.15) is 0 Å². The second-order valence-corrected chi connectivity index (χ2v) is 9.12. The number of hydrogen-bond acceptors (Lipinski definition) is 4. The molecule has 4 nitrogen and oxygen atoms in total. The highest BCUT2D eigenvalue weighted by molar-refractivity contribution is 5.88. The molecule has 6 bridgehead atoms. The maximum atomic E-state index is 12.9. The van der Waals surface area contributed by atoms with Crippen LogP contribution in [0.25, 0.3) is 0 Å². The molecular weight excluding hydrogens is 304 g/mol. The number of hydrogen-bond donors (Lipinski definition) is 0. The average Bonchev–Trinajstić information content (AvgIpc) is 2.97. The van der Waals surface area contributed by atoms with E-state index in [0.717, 1.165) is 25.7 Å². The highest BCUT2D eigenvalue weighted by Crippen LogP contribution is 2.97. The third kappa shape index (κ3) is 0.902. The van der Waals surface area contributed by atoms with E-state index in [1.165, 1.54) is 12.7 Å². The van der Waals surface area contributed by atoms with Crippen LogP contribution in [-0.2, 0) is 19.1 Å². The molecule has 8 atom stereocenters. The van der Waals surface area contributed by atoms with E-state index in [0.29, 0.717) is 5.92 Å². The maximum absolute atomic E-state index is 12.9. The predicted molar refractivity (Wildman–Crippen MR) is 84.5 cm³/mol. The Kier molecular flexibility index (Phi) is 1.93. The first-order valence-electron chi connectivity index (χ1n) is 9.10. The molecule has 4 heteroatoms. The molecule has 7 rings (SSSR count). The van der Waals surface area contributed by atoms with E-state index in [1.807, 2.05) is 6.92 Å². The molecule has 0 aromatic heterocycles. The fourth-order valence-electron chi connectivity index (χ4n) is 8.38. The Morgan fingerprint density at radius 2 is 2.21 bits per heavy atom. The SMILES string of the molecule is C=C1C2[C@@]34C=C[C@@H]1C[C@@]23[C@@H](C(=O)OC)[C@@H]1[C@@]2(C)CCC[C@]14OC2=O. The van der Waals surface area contributed by atoms with Gasteiger partial charge in [0.05, 0.1) is 18.4 Å². The van der Waals surface area contributed by atoms with E-state index in [2.05, 4.69) is 18.7 Å². The summed E-state index contributed by atoms with van der Waals surface area (Å²) in [7, 11) is 1.47. The zero-order valence-corrected chi connectivity index (χ0v) is 14.1. The minimum absolute atomic E-state index is 0.0516. The first-order chi connectivity index (χ1) is 11.4. The summed E-state index contributed by atoms with van der Waals surface area (Å²) in [5.74, 6) is 0.120. The van der Waals surface area contributed by atoms with Gasteiger partial charge in [0.2, 0.25) is 0 Å². The van der Waals surface area contributed by atoms with Crippen LogP contribution in [0.2, 0.25) is 0 Å². The second kappa shape index (κ2) is 3.38. The highest BCUT2D eigenvalue weighted by Gasteiger charge is 2.99. The van der Waals surface area contributed by atoms with Gasteiger partial charge in [0.25, 0.3) is 0 Å². The molecule has 24 heavy (non-hydrogen) atoms. The van der Waals surface area contributed by atoms with Gasteiger partial charge >= 0.3 is 11.9 Å². The molecule has 5 fully saturated rings. The van der Waals surface area contributed by atoms with Crippen LogP contribution in [-0.4, -0.2) is 24.6 Å². The number of carbonyl (C=O) groups is 2. The normalized spacial score (nSPS) is 60.6. The molecule has 6 aliphatic carbocycles. The van der Waals surface area contributed by atoms with Gasteiger partial charge in [0.1, 0.15) is 5.60 Å². The summed E-state index contributed by atoms with van der Waals surface area (Å²) in [6.45, 7) is 6.38. The monoisotopic (exact) mass is 326 g/mol. The summed E-state index contributed by atoms with van der Waals surface area (Å²) in [5, 5.41) is 0. The summed E-state index contributed by atoms with van der Waals surface area (Å²) >= 11 is 0. The molecule has 7 aliphatic rings. The van der Waals surface area contributed by atoms with E-state index in [9.17, 15) is 9.59 Å². The Bertz CT molecular complexity index is 783. The van der Waals surface area contributed by atoms with Crippen LogP contribution in [0.15, 0.2) is 24.3 Å². The lowest BCUT2D eigenvalue weighted by molar-refractivity contribution is -0.157. The van der Waals surface area contributed by atoms with Gasteiger partial charge in [-0.15, -0.1) is 0 Å². The molecule has 1 saturated heterocycles. The van der Waals surface area contributed by atoms with Crippen LogP contribution in [0.1, 0.15) is 32.6 Å². The third-order valence-corrected chi connectivity index (χ3v) is 8.87. The Morgan fingerprint density at radius 1 is 1.42 bits per heavy atom. The lowest BCUT2D eigenvalue weighted by atomic mass is 9.56. The molecular formula is C20H22O4. The van der Waals surface area contributed by atoms with E-state index in [1.54, 1.807) is 0 Å². The van der Waals surface area contributed by atoms with Crippen LogP contribution >= 0.6 is 0 Å². The number of rotatable bonds is 1. The number of allylic oxidation sites excluding steroid dienone is 2. The fourth-order valence-corrected chi connectivity index (χ4v) is 8.38. The Hall–Kier alpha value is -1.58. The first kappa shape index (κ1) is 13.7. The Balaban J connectivity index is 1.67. The molecule has 0 aromatic carbocycles. The topological polar surface area (TPSA) is 52.6 Å². The summed E-state index contributed by atoms with van der Waals surface area (Å²) in [6.07, 6.45) is 8.21. The second-order valence-electron chi connectivity index (χ2n) is 9.12. The van der Waals surface area contributed by atoms with E-state index < -0.39 is 11.0 Å². The van der Waals surface area contributed by atoms with Crippen molar-refractivity contribution in [3.63, 3.8) is 0 Å². The zero-order valence-electron chi connectivity index (χ0n) is 14.1. The maximum Gasteiger partial charge on any atom is 0.312 e. The van der Waals surface area contributed by atoms with Gasteiger partial charge in [0, 0.05) is 22.7 Å². The van der Waals surface area contributed by atoms with Crippen molar-refractivity contribution in [2.75, 3.05) is 7.11 Å². The van der Waals surface area contributed by atoms with Crippen molar-refractivity contribution in [1.29, 1.82) is 0 Å². The predicted octanol–water partition coefficient (Wildman–Crippen LogP) is 2.64. The van der Waals surface area contributed by atoms with Crippen LogP contribution in [0, 0.1) is 39.9 Å². The minimum Gasteiger partial charge on any atom is -0.469 e. The van der Waals surface area contributed by atoms with Gasteiger partial charge < -0.3 is 9.47 Å². The quantitative estimate of drug-likeness (QED) is 0.549. The van der Waals surface area contributed by atoms with Crippen LogP contribution < -0.4 is 0 Å². The van der Waals surface area contributed by atoms with Crippen molar-refractivity contribution in [3.05, 3.63) is 24.3 Å². The third-order valence-electron chi connectivity index (χ3n) is 8.87. The summed E-state index contributed by atoms with van der Waals surface area (Å²) in [6, 6.07) is 0. The number of ether oxygens (including phenoxy) is 2. The van der Waals surface area contributed by atoms with Gasteiger partial charge in [-0.25, -0.2) is 0 Å². The highest BCUT2D eigenvalue weighted by atomic mass is 16.6. The summed E-state index contributed by atoms with van der Waals surface area (Å²) in [4.78, 5) is 25.8. The van der Waals surface area contributed by atoms with Crippen LogP contribution in [0.5, 0.6) is 0 Å².